The quantitative estimate of drug-likeness (QED) is 0.741. The molecule has 1 N–H and O–H groups in total. The Balaban J connectivity index is 2.91. The van der Waals surface area contributed by atoms with Crippen molar-refractivity contribution in [2.75, 3.05) is 13.6 Å². The van der Waals surface area contributed by atoms with Crippen LogP contribution in [0.2, 0.25) is 0 Å². The van der Waals surface area contributed by atoms with E-state index in [0.717, 1.165) is 11.8 Å². The highest BCUT2D eigenvalue weighted by Crippen LogP contribution is 2.42. The fraction of sp³-hybridized carbons (Fsp3) is 1.00. The van der Waals surface area contributed by atoms with E-state index in [4.69, 9.17) is 0 Å². The van der Waals surface area contributed by atoms with Crippen LogP contribution in [-0.2, 0) is 0 Å². The van der Waals surface area contributed by atoms with Crippen LogP contribution in [0.4, 0.5) is 0 Å². The van der Waals surface area contributed by atoms with Gasteiger partial charge in [-0.05, 0) is 57.4 Å². The zero-order valence-corrected chi connectivity index (χ0v) is 15.9. The molecule has 1 aliphatic carbocycles. The molecule has 0 aromatic carbocycles. The second kappa shape index (κ2) is 7.97. The van der Waals surface area contributed by atoms with E-state index in [1.807, 2.05) is 0 Å². The topological polar surface area (TPSA) is 15.3 Å². The third-order valence-electron chi connectivity index (χ3n) is 5.87. The van der Waals surface area contributed by atoms with Gasteiger partial charge in [0.2, 0.25) is 0 Å². The number of hydrogen-bond acceptors (Lipinski definition) is 2. The summed E-state index contributed by atoms with van der Waals surface area (Å²) in [6, 6.07) is 1.99. The summed E-state index contributed by atoms with van der Waals surface area (Å²) < 4.78 is 0. The van der Waals surface area contributed by atoms with Gasteiger partial charge in [0, 0.05) is 24.7 Å². The lowest BCUT2D eigenvalue weighted by Crippen LogP contribution is -2.56. The molecule has 3 atom stereocenters. The van der Waals surface area contributed by atoms with Crippen LogP contribution in [0.5, 0.6) is 0 Å². The van der Waals surface area contributed by atoms with E-state index in [-0.39, 0.29) is 0 Å². The molecule has 2 nitrogen and oxygen atoms in total. The fourth-order valence-electron chi connectivity index (χ4n) is 4.00. The van der Waals surface area contributed by atoms with Gasteiger partial charge in [-0.1, -0.05) is 41.0 Å². The molecule has 0 heterocycles. The third-order valence-corrected chi connectivity index (χ3v) is 5.87. The molecule has 1 fully saturated rings. The molecule has 0 aliphatic heterocycles. The Labute approximate surface area is 134 Å². The first-order valence-electron chi connectivity index (χ1n) is 9.15. The minimum Gasteiger partial charge on any atom is -0.315 e. The van der Waals surface area contributed by atoms with Gasteiger partial charge >= 0.3 is 0 Å². The molecule has 3 unspecified atom stereocenters. The summed E-state index contributed by atoms with van der Waals surface area (Å²) in [5.41, 5.74) is 0.484. The minimum absolute atomic E-state index is 0.484. The highest BCUT2D eigenvalue weighted by atomic mass is 15.2. The average Bonchev–Trinajstić information content (AvgIpc) is 2.43. The van der Waals surface area contributed by atoms with Crippen LogP contribution in [0.15, 0.2) is 0 Å². The van der Waals surface area contributed by atoms with Gasteiger partial charge in [-0.25, -0.2) is 0 Å². The molecule has 21 heavy (non-hydrogen) atoms. The smallest absolute Gasteiger partial charge is 0.0254 e. The van der Waals surface area contributed by atoms with Crippen molar-refractivity contribution < 1.29 is 0 Å². The van der Waals surface area contributed by atoms with E-state index in [1.54, 1.807) is 0 Å². The van der Waals surface area contributed by atoms with Crippen LogP contribution in [0, 0.1) is 17.3 Å². The number of likely N-dealkylation sites (N-methyl/N-ethyl adjacent to an activating group) is 1. The van der Waals surface area contributed by atoms with Gasteiger partial charge in [0.05, 0.1) is 0 Å². The minimum atomic E-state index is 0.484. The Morgan fingerprint density at radius 3 is 2.19 bits per heavy atom. The van der Waals surface area contributed by atoms with Gasteiger partial charge in [-0.3, -0.25) is 4.90 Å². The molecule has 1 rings (SSSR count). The molecule has 0 radical (unpaired) electrons. The van der Waals surface area contributed by atoms with Crippen molar-refractivity contribution in [3.8, 4) is 0 Å². The van der Waals surface area contributed by atoms with Gasteiger partial charge in [0.25, 0.3) is 0 Å². The van der Waals surface area contributed by atoms with E-state index in [9.17, 15) is 0 Å². The van der Waals surface area contributed by atoms with Gasteiger partial charge in [-0.2, -0.15) is 0 Å². The van der Waals surface area contributed by atoms with Crippen molar-refractivity contribution in [2.24, 2.45) is 17.3 Å². The molecule has 0 aromatic heterocycles. The van der Waals surface area contributed by atoms with E-state index >= 15 is 0 Å². The molecular formula is C19H40N2. The first-order chi connectivity index (χ1) is 9.72. The van der Waals surface area contributed by atoms with Crippen LogP contribution in [0.25, 0.3) is 0 Å². The van der Waals surface area contributed by atoms with E-state index in [2.05, 4.69) is 65.7 Å². The van der Waals surface area contributed by atoms with Crippen molar-refractivity contribution in [1.29, 1.82) is 0 Å². The number of hydrogen-bond donors (Lipinski definition) is 1. The summed E-state index contributed by atoms with van der Waals surface area (Å²) in [7, 11) is 2.15. The Hall–Kier alpha value is -0.0800. The molecule has 0 saturated heterocycles. The Bertz CT molecular complexity index is 296. The van der Waals surface area contributed by atoms with Gasteiger partial charge in [-0.15, -0.1) is 0 Å². The summed E-state index contributed by atoms with van der Waals surface area (Å²) in [5.74, 6) is 1.61. The van der Waals surface area contributed by atoms with Crippen molar-refractivity contribution in [2.45, 2.75) is 92.3 Å². The van der Waals surface area contributed by atoms with Crippen LogP contribution in [0.1, 0.15) is 74.1 Å². The van der Waals surface area contributed by atoms with Crippen molar-refractivity contribution in [1.82, 2.24) is 10.2 Å². The summed E-state index contributed by atoms with van der Waals surface area (Å²) in [6.45, 7) is 17.9. The molecular weight excluding hydrogens is 256 g/mol. The predicted octanol–water partition coefficient (Wildman–Crippen LogP) is 4.55. The Kier molecular flexibility index (Phi) is 7.19. The summed E-state index contributed by atoms with van der Waals surface area (Å²) >= 11 is 0. The second-order valence-electron chi connectivity index (χ2n) is 8.50. The van der Waals surface area contributed by atoms with E-state index < -0.39 is 0 Å². The lowest BCUT2D eigenvalue weighted by atomic mass is 9.67. The van der Waals surface area contributed by atoms with Gasteiger partial charge < -0.3 is 5.32 Å². The number of nitrogens with one attached hydrogen (secondary N) is 1. The first kappa shape index (κ1) is 19.0. The molecule has 0 bridgehead atoms. The second-order valence-corrected chi connectivity index (χ2v) is 8.50. The average molecular weight is 297 g/mol. The molecule has 1 aliphatic rings. The van der Waals surface area contributed by atoms with Crippen molar-refractivity contribution in [3.05, 3.63) is 0 Å². The monoisotopic (exact) mass is 296 g/mol. The molecule has 1 saturated carbocycles. The SMILES string of the molecule is CCC(C)(C)C1CCC(NC)C(N(CC(C)C)C(C)C)C1. The molecule has 2 heteroatoms. The highest BCUT2D eigenvalue weighted by Gasteiger charge is 2.39. The maximum atomic E-state index is 3.61. The van der Waals surface area contributed by atoms with Crippen molar-refractivity contribution >= 4 is 0 Å². The van der Waals surface area contributed by atoms with Crippen LogP contribution >= 0.6 is 0 Å². The molecule has 0 amide bonds. The highest BCUT2D eigenvalue weighted by molar-refractivity contribution is 4.95. The standard InChI is InChI=1S/C19H40N2/c1-9-19(6,7)16-10-11-17(20-8)18(12-16)21(15(4)5)13-14(2)3/h14-18,20H,9-13H2,1-8H3. The lowest BCUT2D eigenvalue weighted by molar-refractivity contribution is 0.0295. The fourth-order valence-corrected chi connectivity index (χ4v) is 4.00. The van der Waals surface area contributed by atoms with E-state index in [0.29, 0.717) is 23.5 Å². The maximum Gasteiger partial charge on any atom is 0.0254 e. The lowest BCUT2D eigenvalue weighted by Gasteiger charge is -2.48. The van der Waals surface area contributed by atoms with Crippen LogP contribution in [0.3, 0.4) is 0 Å². The van der Waals surface area contributed by atoms with Crippen LogP contribution in [-0.4, -0.2) is 36.6 Å². The summed E-state index contributed by atoms with van der Waals surface area (Å²) in [4.78, 5) is 2.77. The summed E-state index contributed by atoms with van der Waals surface area (Å²) in [6.07, 6.45) is 5.37. The van der Waals surface area contributed by atoms with Crippen molar-refractivity contribution in [3.63, 3.8) is 0 Å². The molecule has 0 aromatic rings. The number of rotatable bonds is 7. The maximum absolute atomic E-state index is 3.61. The largest absolute Gasteiger partial charge is 0.315 e. The normalized spacial score (nSPS) is 27.9. The van der Waals surface area contributed by atoms with E-state index in [1.165, 1.54) is 32.2 Å². The zero-order chi connectivity index (χ0) is 16.2. The molecule has 126 valence electrons. The Morgan fingerprint density at radius 1 is 1.14 bits per heavy atom. The van der Waals surface area contributed by atoms with Crippen LogP contribution < -0.4 is 5.32 Å². The molecule has 0 spiro atoms. The van der Waals surface area contributed by atoms with Gasteiger partial charge in [0.1, 0.15) is 0 Å². The first-order valence-corrected chi connectivity index (χ1v) is 9.15. The van der Waals surface area contributed by atoms with Gasteiger partial charge in [0.15, 0.2) is 0 Å². The summed E-state index contributed by atoms with van der Waals surface area (Å²) in [5, 5.41) is 3.61. The Morgan fingerprint density at radius 2 is 1.76 bits per heavy atom. The zero-order valence-electron chi connectivity index (χ0n) is 15.9. The number of nitrogens with zero attached hydrogens (tertiary/aromatic N) is 1. The third kappa shape index (κ3) is 4.96. The predicted molar refractivity (Wildman–Crippen MR) is 94.7 cm³/mol.